The molecule has 0 radical (unpaired) electrons. The van der Waals surface area contributed by atoms with Crippen LogP contribution in [0.15, 0.2) is 18.2 Å². The van der Waals surface area contributed by atoms with Gasteiger partial charge >= 0.3 is 12.0 Å². The first-order valence-electron chi connectivity index (χ1n) is 7.33. The van der Waals surface area contributed by atoms with E-state index < -0.39 is 5.97 Å². The first-order chi connectivity index (χ1) is 11.0. The van der Waals surface area contributed by atoms with Crippen molar-refractivity contribution in [2.45, 2.75) is 6.42 Å². The maximum Gasteiger partial charge on any atom is 0.321 e. The molecule has 1 heterocycles. The van der Waals surface area contributed by atoms with Crippen molar-refractivity contribution in [3.05, 3.63) is 23.2 Å². The van der Waals surface area contributed by atoms with Gasteiger partial charge in [0.1, 0.15) is 0 Å². The number of rotatable bonds is 5. The summed E-state index contributed by atoms with van der Waals surface area (Å²) < 4.78 is 0. The fourth-order valence-corrected chi connectivity index (χ4v) is 3.34. The molecule has 8 heteroatoms. The second-order valence-corrected chi connectivity index (χ2v) is 6.92. The topological polar surface area (TPSA) is 72.9 Å². The summed E-state index contributed by atoms with van der Waals surface area (Å²) in [5.41, 5.74) is 1.59. The van der Waals surface area contributed by atoms with Crippen LogP contribution in [0.5, 0.6) is 0 Å². The highest BCUT2D eigenvalue weighted by Crippen LogP contribution is 2.31. The Bertz CT molecular complexity index is 579. The van der Waals surface area contributed by atoms with Crippen LogP contribution in [0.1, 0.15) is 6.42 Å². The molecule has 2 amide bonds. The van der Waals surface area contributed by atoms with Gasteiger partial charge in [0.05, 0.1) is 17.8 Å². The number of benzene rings is 1. The molecule has 2 N–H and O–H groups in total. The molecule has 23 heavy (non-hydrogen) atoms. The van der Waals surface area contributed by atoms with E-state index in [0.717, 1.165) is 30.3 Å². The molecule has 1 saturated heterocycles. The van der Waals surface area contributed by atoms with Crippen molar-refractivity contribution in [1.29, 1.82) is 0 Å². The van der Waals surface area contributed by atoms with Crippen LogP contribution in [0.3, 0.4) is 0 Å². The Hall–Kier alpha value is -1.60. The summed E-state index contributed by atoms with van der Waals surface area (Å²) in [5, 5.41) is 12.1. The number of carbonyl (C=O) groups is 2. The molecule has 0 saturated carbocycles. The van der Waals surface area contributed by atoms with Crippen LogP contribution < -0.4 is 10.2 Å². The second kappa shape index (κ2) is 8.31. The average Bonchev–Trinajstić information content (AvgIpc) is 2.53. The number of carboxylic acid groups (broad SMARTS) is 1. The highest BCUT2D eigenvalue weighted by Gasteiger charge is 2.18. The Morgan fingerprint density at radius 3 is 2.74 bits per heavy atom. The number of nitrogens with zero attached hydrogens (tertiary/aromatic N) is 2. The van der Waals surface area contributed by atoms with Gasteiger partial charge in [0.2, 0.25) is 0 Å². The summed E-state index contributed by atoms with van der Waals surface area (Å²) >= 11 is 7.97. The van der Waals surface area contributed by atoms with Crippen LogP contribution in [0.2, 0.25) is 5.02 Å². The zero-order valence-corrected chi connectivity index (χ0v) is 14.5. The van der Waals surface area contributed by atoms with Crippen molar-refractivity contribution in [3.8, 4) is 0 Å². The smallest absolute Gasteiger partial charge is 0.321 e. The minimum absolute atomic E-state index is 0.0876. The van der Waals surface area contributed by atoms with E-state index in [1.54, 1.807) is 13.1 Å². The highest BCUT2D eigenvalue weighted by molar-refractivity contribution is 7.99. The molecule has 0 bridgehead atoms. The predicted molar refractivity (Wildman–Crippen MR) is 94.9 cm³/mol. The molecule has 1 aliphatic heterocycles. The van der Waals surface area contributed by atoms with Gasteiger partial charge in [-0.2, -0.15) is 11.8 Å². The largest absolute Gasteiger partial charge is 0.481 e. The fourth-order valence-electron chi connectivity index (χ4n) is 2.26. The fraction of sp³-hybridized carbons (Fsp3) is 0.467. The Morgan fingerprint density at radius 1 is 1.39 bits per heavy atom. The van der Waals surface area contributed by atoms with E-state index in [2.05, 4.69) is 10.2 Å². The molecule has 1 aromatic rings. The number of carbonyl (C=O) groups excluding carboxylic acids is 1. The van der Waals surface area contributed by atoms with Crippen LogP contribution in [0, 0.1) is 0 Å². The van der Waals surface area contributed by atoms with Gasteiger partial charge < -0.3 is 20.2 Å². The van der Waals surface area contributed by atoms with Crippen LogP contribution in [-0.4, -0.2) is 60.2 Å². The van der Waals surface area contributed by atoms with Crippen molar-refractivity contribution in [3.63, 3.8) is 0 Å². The SMILES string of the molecule is CN(CCC(=O)O)C(=O)Nc1cc(Cl)ccc1N1CCSCC1. The molecular weight excluding hydrogens is 338 g/mol. The number of thioether (sulfide) groups is 1. The van der Waals surface area contributed by atoms with Gasteiger partial charge in [-0.15, -0.1) is 0 Å². The number of hydrogen-bond acceptors (Lipinski definition) is 4. The lowest BCUT2D eigenvalue weighted by atomic mass is 10.2. The quantitative estimate of drug-likeness (QED) is 0.847. The summed E-state index contributed by atoms with van der Waals surface area (Å²) in [6.45, 7) is 1.99. The Kier molecular flexibility index (Phi) is 6.41. The Labute approximate surface area is 144 Å². The lowest BCUT2D eigenvalue weighted by Crippen LogP contribution is -2.35. The van der Waals surface area contributed by atoms with Gasteiger partial charge in [-0.05, 0) is 18.2 Å². The summed E-state index contributed by atoms with van der Waals surface area (Å²) in [6, 6.07) is 5.09. The number of carboxylic acids is 1. The van der Waals surface area contributed by atoms with Crippen molar-refractivity contribution >= 4 is 46.7 Å². The van der Waals surface area contributed by atoms with Gasteiger partial charge in [0.15, 0.2) is 0 Å². The second-order valence-electron chi connectivity index (χ2n) is 5.26. The van der Waals surface area contributed by atoms with Crippen molar-refractivity contribution < 1.29 is 14.7 Å². The first-order valence-corrected chi connectivity index (χ1v) is 8.87. The normalized spacial score (nSPS) is 14.4. The van der Waals surface area contributed by atoms with E-state index >= 15 is 0 Å². The molecule has 0 atom stereocenters. The van der Waals surface area contributed by atoms with Gasteiger partial charge in [0, 0.05) is 43.2 Å². The molecule has 1 aliphatic rings. The lowest BCUT2D eigenvalue weighted by molar-refractivity contribution is -0.137. The van der Waals surface area contributed by atoms with Crippen LogP contribution in [0.25, 0.3) is 0 Å². The molecule has 0 aliphatic carbocycles. The van der Waals surface area contributed by atoms with Crippen molar-refractivity contribution in [2.75, 3.05) is 48.4 Å². The summed E-state index contributed by atoms with van der Waals surface area (Å²) in [7, 11) is 1.57. The number of hydrogen-bond donors (Lipinski definition) is 2. The zero-order valence-electron chi connectivity index (χ0n) is 12.9. The number of urea groups is 1. The third-order valence-corrected chi connectivity index (χ3v) is 4.74. The van der Waals surface area contributed by atoms with Crippen molar-refractivity contribution in [2.24, 2.45) is 0 Å². The number of aliphatic carboxylic acids is 1. The lowest BCUT2D eigenvalue weighted by Gasteiger charge is -2.30. The first kappa shape index (κ1) is 17.7. The molecular formula is C15H20ClN3O3S. The van der Waals surface area contributed by atoms with E-state index in [4.69, 9.17) is 16.7 Å². The molecule has 0 aromatic heterocycles. The third kappa shape index (κ3) is 5.21. The molecule has 1 aromatic carbocycles. The third-order valence-electron chi connectivity index (χ3n) is 3.56. The van der Waals surface area contributed by atoms with Crippen LogP contribution in [-0.2, 0) is 4.79 Å². The van der Waals surface area contributed by atoms with Gasteiger partial charge in [-0.25, -0.2) is 4.79 Å². The van der Waals surface area contributed by atoms with Gasteiger partial charge in [-0.3, -0.25) is 4.79 Å². The van der Waals surface area contributed by atoms with Crippen molar-refractivity contribution in [1.82, 2.24) is 4.90 Å². The van der Waals surface area contributed by atoms with E-state index in [1.165, 1.54) is 4.90 Å². The summed E-state index contributed by atoms with van der Waals surface area (Å²) in [5.74, 6) is 1.17. The summed E-state index contributed by atoms with van der Waals surface area (Å²) in [4.78, 5) is 26.4. The number of halogens is 1. The molecule has 0 unspecified atom stereocenters. The predicted octanol–water partition coefficient (Wildman–Crippen LogP) is 2.83. The van der Waals surface area contributed by atoms with E-state index in [1.807, 2.05) is 23.9 Å². The average molecular weight is 358 g/mol. The van der Waals surface area contributed by atoms with E-state index in [-0.39, 0.29) is 19.0 Å². The molecule has 2 rings (SSSR count). The summed E-state index contributed by atoms with van der Waals surface area (Å²) in [6.07, 6.45) is -0.0876. The molecule has 6 nitrogen and oxygen atoms in total. The zero-order chi connectivity index (χ0) is 16.8. The van der Waals surface area contributed by atoms with E-state index in [9.17, 15) is 9.59 Å². The minimum atomic E-state index is -0.932. The number of nitrogens with one attached hydrogen (secondary N) is 1. The molecule has 126 valence electrons. The Balaban J connectivity index is 2.09. The number of anilines is 2. The van der Waals surface area contributed by atoms with Gasteiger partial charge in [0.25, 0.3) is 0 Å². The Morgan fingerprint density at radius 2 is 2.09 bits per heavy atom. The van der Waals surface area contributed by atoms with Crippen LogP contribution in [0.4, 0.5) is 16.2 Å². The molecule has 0 spiro atoms. The van der Waals surface area contributed by atoms with E-state index in [0.29, 0.717) is 10.7 Å². The monoisotopic (exact) mass is 357 g/mol. The maximum absolute atomic E-state index is 12.2. The highest BCUT2D eigenvalue weighted by atomic mass is 35.5. The maximum atomic E-state index is 12.2. The number of amides is 2. The standard InChI is InChI=1S/C15H20ClN3O3S/c1-18(5-4-14(20)21)15(22)17-12-10-11(16)2-3-13(12)19-6-8-23-9-7-19/h2-3,10H,4-9H2,1H3,(H,17,22)(H,20,21). The molecule has 1 fully saturated rings. The van der Waals surface area contributed by atoms with Crippen LogP contribution >= 0.6 is 23.4 Å². The minimum Gasteiger partial charge on any atom is -0.481 e. The van der Waals surface area contributed by atoms with Gasteiger partial charge in [-0.1, -0.05) is 11.6 Å².